The van der Waals surface area contributed by atoms with Crippen LogP contribution in [0.25, 0.3) is 0 Å². The predicted octanol–water partition coefficient (Wildman–Crippen LogP) is 1.43. The Labute approximate surface area is 123 Å². The molecule has 1 saturated heterocycles. The van der Waals surface area contributed by atoms with Gasteiger partial charge in [0.15, 0.2) is 0 Å². The zero-order valence-corrected chi connectivity index (χ0v) is 12.2. The summed E-state index contributed by atoms with van der Waals surface area (Å²) in [6, 6.07) is 7.79. The van der Waals surface area contributed by atoms with E-state index in [0.717, 1.165) is 6.42 Å². The predicted molar refractivity (Wildman–Crippen MR) is 74.9 cm³/mol. The molecule has 1 N–H and O–H groups in total. The third-order valence-electron chi connectivity index (χ3n) is 3.55. The molecule has 1 fully saturated rings. The van der Waals surface area contributed by atoms with Crippen LogP contribution in [0.1, 0.15) is 24.8 Å². The number of carboxylic acids is 1. The van der Waals surface area contributed by atoms with Gasteiger partial charge in [0.25, 0.3) is 0 Å². The van der Waals surface area contributed by atoms with Gasteiger partial charge in [-0.1, -0.05) is 6.07 Å². The fraction of sp³-hybridized carbons (Fsp3) is 0.429. The molecule has 0 saturated carbocycles. The summed E-state index contributed by atoms with van der Waals surface area (Å²) in [7, 11) is -3.67. The molecule has 1 aromatic carbocycles. The average Bonchev–Trinajstić information content (AvgIpc) is 2.47. The van der Waals surface area contributed by atoms with Crippen molar-refractivity contribution in [2.24, 2.45) is 5.92 Å². The maximum Gasteiger partial charge on any atom is 0.303 e. The maximum absolute atomic E-state index is 12.6. The van der Waals surface area contributed by atoms with Crippen LogP contribution < -0.4 is 0 Å². The first-order valence-corrected chi connectivity index (χ1v) is 8.09. The van der Waals surface area contributed by atoms with E-state index < -0.39 is 16.0 Å². The van der Waals surface area contributed by atoms with Crippen LogP contribution in [0, 0.1) is 17.2 Å². The van der Waals surface area contributed by atoms with Gasteiger partial charge in [0.1, 0.15) is 0 Å². The van der Waals surface area contributed by atoms with Gasteiger partial charge in [-0.3, -0.25) is 4.79 Å². The minimum Gasteiger partial charge on any atom is -0.481 e. The minimum atomic E-state index is -3.67. The standard InChI is InChI=1S/C14H16N2O4S/c15-9-11-3-1-5-13(7-11)21(19,20)16-6-2-4-12(10-16)8-14(17)18/h1,3,5,7,12H,2,4,6,8,10H2,(H,17,18). The Morgan fingerprint density at radius 1 is 1.48 bits per heavy atom. The summed E-state index contributed by atoms with van der Waals surface area (Å²) in [5.41, 5.74) is 0.287. The van der Waals surface area contributed by atoms with Crippen LogP contribution in [0.5, 0.6) is 0 Å². The Hall–Kier alpha value is -1.91. The molecule has 1 aliphatic heterocycles. The van der Waals surface area contributed by atoms with E-state index in [9.17, 15) is 13.2 Å². The van der Waals surface area contributed by atoms with Crippen LogP contribution in [0.2, 0.25) is 0 Å². The Morgan fingerprint density at radius 2 is 2.24 bits per heavy atom. The van der Waals surface area contributed by atoms with Crippen molar-refractivity contribution < 1.29 is 18.3 Å². The molecule has 2 rings (SSSR count). The minimum absolute atomic E-state index is 0.0236. The molecule has 1 atom stereocenters. The number of benzene rings is 1. The monoisotopic (exact) mass is 308 g/mol. The van der Waals surface area contributed by atoms with E-state index in [-0.39, 0.29) is 29.3 Å². The molecule has 6 nitrogen and oxygen atoms in total. The Bertz CT molecular complexity index is 678. The van der Waals surface area contributed by atoms with E-state index in [2.05, 4.69) is 0 Å². The molecule has 0 aliphatic carbocycles. The van der Waals surface area contributed by atoms with Crippen molar-refractivity contribution in [1.82, 2.24) is 4.31 Å². The van der Waals surface area contributed by atoms with E-state index in [1.54, 1.807) is 6.07 Å². The highest BCUT2D eigenvalue weighted by atomic mass is 32.2. The van der Waals surface area contributed by atoms with Crippen molar-refractivity contribution >= 4 is 16.0 Å². The highest BCUT2D eigenvalue weighted by molar-refractivity contribution is 7.89. The topological polar surface area (TPSA) is 98.5 Å². The van der Waals surface area contributed by atoms with Crippen LogP contribution >= 0.6 is 0 Å². The molecular formula is C14H16N2O4S. The highest BCUT2D eigenvalue weighted by Gasteiger charge is 2.31. The first kappa shape index (κ1) is 15.5. The molecule has 0 bridgehead atoms. The second kappa shape index (κ2) is 6.24. The molecule has 1 aliphatic rings. The number of hydrogen-bond donors (Lipinski definition) is 1. The van der Waals surface area contributed by atoms with Crippen LogP contribution in [-0.2, 0) is 14.8 Å². The molecule has 0 aromatic heterocycles. The number of rotatable bonds is 4. The second-order valence-corrected chi connectivity index (χ2v) is 7.05. The van der Waals surface area contributed by atoms with Gasteiger partial charge in [-0.15, -0.1) is 0 Å². The van der Waals surface area contributed by atoms with E-state index >= 15 is 0 Å². The SMILES string of the molecule is N#Cc1cccc(S(=O)(=O)N2CCCC(CC(=O)O)C2)c1. The van der Waals surface area contributed by atoms with Gasteiger partial charge in [0.2, 0.25) is 10.0 Å². The summed E-state index contributed by atoms with van der Waals surface area (Å²) in [6.07, 6.45) is 1.34. The Balaban J connectivity index is 2.22. The van der Waals surface area contributed by atoms with Crippen LogP contribution in [0.3, 0.4) is 0 Å². The zero-order valence-electron chi connectivity index (χ0n) is 11.4. The third kappa shape index (κ3) is 3.60. The summed E-state index contributed by atoms with van der Waals surface area (Å²) >= 11 is 0. The summed E-state index contributed by atoms with van der Waals surface area (Å²) in [4.78, 5) is 10.9. The molecule has 112 valence electrons. The van der Waals surface area contributed by atoms with Crippen LogP contribution in [-0.4, -0.2) is 36.9 Å². The van der Waals surface area contributed by atoms with E-state index in [1.807, 2.05) is 6.07 Å². The number of piperidine rings is 1. The van der Waals surface area contributed by atoms with Gasteiger partial charge in [-0.2, -0.15) is 9.57 Å². The molecule has 1 heterocycles. The first-order valence-electron chi connectivity index (χ1n) is 6.65. The largest absolute Gasteiger partial charge is 0.481 e. The fourth-order valence-electron chi connectivity index (χ4n) is 2.53. The van der Waals surface area contributed by atoms with Gasteiger partial charge in [0, 0.05) is 19.5 Å². The average molecular weight is 308 g/mol. The molecule has 0 spiro atoms. The smallest absolute Gasteiger partial charge is 0.303 e. The quantitative estimate of drug-likeness (QED) is 0.907. The number of aliphatic carboxylic acids is 1. The number of carbonyl (C=O) groups is 1. The Kier molecular flexibility index (Phi) is 4.60. The molecule has 0 radical (unpaired) electrons. The van der Waals surface area contributed by atoms with Crippen LogP contribution in [0.4, 0.5) is 0 Å². The van der Waals surface area contributed by atoms with Crippen LogP contribution in [0.15, 0.2) is 29.2 Å². The molecular weight excluding hydrogens is 292 g/mol. The number of nitriles is 1. The van der Waals surface area contributed by atoms with Crippen molar-refractivity contribution in [2.75, 3.05) is 13.1 Å². The lowest BCUT2D eigenvalue weighted by atomic mass is 9.96. The van der Waals surface area contributed by atoms with Crippen molar-refractivity contribution in [1.29, 1.82) is 5.26 Å². The Morgan fingerprint density at radius 3 is 2.90 bits per heavy atom. The highest BCUT2D eigenvalue weighted by Crippen LogP contribution is 2.25. The summed E-state index contributed by atoms with van der Waals surface area (Å²) < 4.78 is 26.4. The van der Waals surface area contributed by atoms with Gasteiger partial charge >= 0.3 is 5.97 Å². The van der Waals surface area contributed by atoms with E-state index in [0.29, 0.717) is 13.0 Å². The number of nitrogens with zero attached hydrogens (tertiary/aromatic N) is 2. The lowest BCUT2D eigenvalue weighted by Crippen LogP contribution is -2.40. The maximum atomic E-state index is 12.6. The normalized spacial score (nSPS) is 19.9. The summed E-state index contributed by atoms with van der Waals surface area (Å²) in [5, 5.41) is 17.7. The van der Waals surface area contributed by atoms with Gasteiger partial charge in [0.05, 0.1) is 16.5 Å². The number of carboxylic acid groups (broad SMARTS) is 1. The first-order chi connectivity index (χ1) is 9.93. The molecule has 1 unspecified atom stereocenters. The number of hydrogen-bond acceptors (Lipinski definition) is 4. The third-order valence-corrected chi connectivity index (χ3v) is 5.41. The van der Waals surface area contributed by atoms with Gasteiger partial charge in [-0.25, -0.2) is 8.42 Å². The van der Waals surface area contributed by atoms with Crippen molar-refractivity contribution in [2.45, 2.75) is 24.2 Å². The lowest BCUT2D eigenvalue weighted by Gasteiger charge is -2.31. The van der Waals surface area contributed by atoms with Crippen molar-refractivity contribution in [3.63, 3.8) is 0 Å². The second-order valence-electron chi connectivity index (χ2n) is 5.11. The fourth-order valence-corrected chi connectivity index (χ4v) is 4.14. The van der Waals surface area contributed by atoms with Gasteiger partial charge < -0.3 is 5.11 Å². The van der Waals surface area contributed by atoms with E-state index in [4.69, 9.17) is 10.4 Å². The van der Waals surface area contributed by atoms with E-state index in [1.165, 1.54) is 22.5 Å². The molecule has 1 aromatic rings. The lowest BCUT2D eigenvalue weighted by molar-refractivity contribution is -0.138. The zero-order chi connectivity index (χ0) is 15.5. The summed E-state index contributed by atoms with van der Waals surface area (Å²) in [6.45, 7) is 0.598. The molecule has 21 heavy (non-hydrogen) atoms. The number of sulfonamides is 1. The summed E-state index contributed by atoms with van der Waals surface area (Å²) in [5.74, 6) is -1.07. The van der Waals surface area contributed by atoms with Crippen molar-refractivity contribution in [3.8, 4) is 6.07 Å². The molecule has 0 amide bonds. The molecule has 7 heteroatoms. The van der Waals surface area contributed by atoms with Crippen molar-refractivity contribution in [3.05, 3.63) is 29.8 Å². The van der Waals surface area contributed by atoms with Gasteiger partial charge in [-0.05, 0) is 37.0 Å².